The van der Waals surface area contributed by atoms with Crippen molar-refractivity contribution in [1.29, 1.82) is 0 Å². The number of nitrogens with one attached hydrogen (secondary N) is 1. The second kappa shape index (κ2) is 7.00. The van der Waals surface area contributed by atoms with Crippen molar-refractivity contribution in [3.63, 3.8) is 0 Å². The molecule has 1 aliphatic heterocycles. The van der Waals surface area contributed by atoms with E-state index >= 15 is 0 Å². The lowest BCUT2D eigenvalue weighted by atomic mass is 10.1. The normalized spacial score (nSPS) is 19.1. The molecule has 1 aromatic carbocycles. The molecule has 0 aliphatic carbocycles. The molecule has 0 saturated carbocycles. The third-order valence-corrected chi connectivity index (χ3v) is 4.27. The highest BCUT2D eigenvalue weighted by Crippen LogP contribution is 2.22. The Morgan fingerprint density at radius 2 is 2.17 bits per heavy atom. The fraction of sp³-hybridized carbons (Fsp3) is 0.412. The van der Waals surface area contributed by atoms with Gasteiger partial charge in [-0.1, -0.05) is 12.1 Å². The van der Waals surface area contributed by atoms with Crippen LogP contribution in [0, 0.1) is 5.82 Å². The number of rotatable bonds is 3. The van der Waals surface area contributed by atoms with E-state index in [0.717, 1.165) is 12.0 Å². The van der Waals surface area contributed by atoms with Crippen LogP contribution in [0.25, 0.3) is 0 Å². The molecule has 128 valence electrons. The van der Waals surface area contributed by atoms with Crippen molar-refractivity contribution >= 4 is 6.03 Å². The number of carbonyl (C=O) groups excluding carboxylic acids is 1. The molecule has 3 rings (SSSR count). The van der Waals surface area contributed by atoms with Crippen LogP contribution in [0.1, 0.15) is 30.3 Å². The number of β-amino-alcohol motifs (C(OH)–C–C–N with tert-alkyl or cyclic N) is 1. The predicted molar refractivity (Wildman–Crippen MR) is 86.8 cm³/mol. The molecule has 24 heavy (non-hydrogen) atoms. The lowest BCUT2D eigenvalue weighted by Gasteiger charge is -2.31. The average Bonchev–Trinajstić information content (AvgIpc) is 2.99. The highest BCUT2D eigenvalue weighted by Gasteiger charge is 2.26. The van der Waals surface area contributed by atoms with E-state index in [9.17, 15) is 14.3 Å². The van der Waals surface area contributed by atoms with E-state index in [2.05, 4.69) is 10.3 Å². The second-order valence-corrected chi connectivity index (χ2v) is 6.07. The molecule has 2 amide bonds. The lowest BCUT2D eigenvalue weighted by molar-refractivity contribution is 0.0836. The van der Waals surface area contributed by atoms with Crippen LogP contribution in [0.5, 0.6) is 0 Å². The molecule has 1 saturated heterocycles. The molecule has 0 spiro atoms. The number of imidazole rings is 1. The number of aryl methyl sites for hydroxylation is 1. The molecule has 2 heterocycles. The minimum Gasteiger partial charge on any atom is -0.391 e. The van der Waals surface area contributed by atoms with E-state index in [0.29, 0.717) is 25.3 Å². The molecule has 1 aliphatic rings. The van der Waals surface area contributed by atoms with Crippen molar-refractivity contribution in [2.45, 2.75) is 25.0 Å². The Kier molecular flexibility index (Phi) is 4.80. The first-order chi connectivity index (χ1) is 11.5. The second-order valence-electron chi connectivity index (χ2n) is 6.07. The van der Waals surface area contributed by atoms with Crippen LogP contribution in [0.2, 0.25) is 0 Å². The lowest BCUT2D eigenvalue weighted by Crippen LogP contribution is -2.48. The van der Waals surface area contributed by atoms with Crippen molar-refractivity contribution in [1.82, 2.24) is 19.8 Å². The number of piperidine rings is 1. The molecule has 7 heteroatoms. The van der Waals surface area contributed by atoms with Crippen molar-refractivity contribution in [3.8, 4) is 0 Å². The zero-order valence-corrected chi connectivity index (χ0v) is 13.5. The van der Waals surface area contributed by atoms with Gasteiger partial charge in [0, 0.05) is 32.5 Å². The summed E-state index contributed by atoms with van der Waals surface area (Å²) in [6.07, 6.45) is 4.45. The summed E-state index contributed by atoms with van der Waals surface area (Å²) in [5.41, 5.74) is 0.747. The first-order valence-electron chi connectivity index (χ1n) is 8.01. The summed E-state index contributed by atoms with van der Waals surface area (Å²) in [6.45, 7) is 0.933. The average molecular weight is 332 g/mol. The SMILES string of the molecule is Cn1ccnc1C(NC(=O)N1CCCC(O)C1)c1ccc(F)cc1. The van der Waals surface area contributed by atoms with Gasteiger partial charge in [0.05, 0.1) is 6.10 Å². The van der Waals surface area contributed by atoms with Gasteiger partial charge in [0.1, 0.15) is 17.7 Å². The summed E-state index contributed by atoms with van der Waals surface area (Å²) < 4.78 is 15.0. The Hall–Kier alpha value is -2.41. The number of aliphatic hydroxyl groups excluding tert-OH is 1. The number of aromatic nitrogens is 2. The number of amides is 2. The fourth-order valence-electron chi connectivity index (χ4n) is 2.96. The van der Waals surface area contributed by atoms with Crippen molar-refractivity contribution in [3.05, 3.63) is 53.9 Å². The van der Waals surface area contributed by atoms with Crippen molar-refractivity contribution in [2.24, 2.45) is 7.05 Å². The van der Waals surface area contributed by atoms with Crippen LogP contribution in [-0.2, 0) is 7.05 Å². The van der Waals surface area contributed by atoms with Gasteiger partial charge in [-0.15, -0.1) is 0 Å². The van der Waals surface area contributed by atoms with Crippen LogP contribution in [-0.4, -0.2) is 44.8 Å². The van der Waals surface area contributed by atoms with Crippen molar-refractivity contribution in [2.75, 3.05) is 13.1 Å². The van der Waals surface area contributed by atoms with Gasteiger partial charge < -0.3 is 19.9 Å². The molecule has 2 aromatic rings. The Morgan fingerprint density at radius 3 is 2.79 bits per heavy atom. The number of benzene rings is 1. The molecular weight excluding hydrogens is 311 g/mol. The summed E-state index contributed by atoms with van der Waals surface area (Å²) >= 11 is 0. The number of hydrogen-bond acceptors (Lipinski definition) is 3. The molecule has 2 unspecified atom stereocenters. The molecule has 2 atom stereocenters. The Balaban J connectivity index is 1.84. The highest BCUT2D eigenvalue weighted by molar-refractivity contribution is 5.75. The maximum atomic E-state index is 13.2. The number of nitrogens with zero attached hydrogens (tertiary/aromatic N) is 3. The number of likely N-dealkylation sites (tertiary alicyclic amines) is 1. The van der Waals surface area contributed by atoms with Gasteiger partial charge in [-0.05, 0) is 30.5 Å². The molecule has 2 N–H and O–H groups in total. The Morgan fingerprint density at radius 1 is 1.42 bits per heavy atom. The van der Waals surface area contributed by atoms with E-state index in [-0.39, 0.29) is 11.8 Å². The van der Waals surface area contributed by atoms with Crippen LogP contribution in [0.15, 0.2) is 36.7 Å². The van der Waals surface area contributed by atoms with Gasteiger partial charge in [-0.25, -0.2) is 14.2 Å². The summed E-state index contributed by atoms with van der Waals surface area (Å²) in [5.74, 6) is 0.329. The van der Waals surface area contributed by atoms with Crippen LogP contribution < -0.4 is 5.32 Å². The molecule has 1 fully saturated rings. The van der Waals surface area contributed by atoms with E-state index < -0.39 is 12.1 Å². The van der Waals surface area contributed by atoms with Gasteiger partial charge in [-0.3, -0.25) is 0 Å². The molecule has 1 aromatic heterocycles. The topological polar surface area (TPSA) is 70.4 Å². The molecule has 6 nitrogen and oxygen atoms in total. The minimum absolute atomic E-state index is 0.258. The Labute approximate surface area is 139 Å². The first-order valence-corrected chi connectivity index (χ1v) is 8.01. The summed E-state index contributed by atoms with van der Waals surface area (Å²) in [7, 11) is 1.84. The summed E-state index contributed by atoms with van der Waals surface area (Å²) in [4.78, 5) is 18.5. The fourth-order valence-corrected chi connectivity index (χ4v) is 2.96. The van der Waals surface area contributed by atoms with Gasteiger partial charge >= 0.3 is 6.03 Å². The molecular formula is C17H21FN4O2. The summed E-state index contributed by atoms with van der Waals surface area (Å²) in [6, 6.07) is 5.26. The highest BCUT2D eigenvalue weighted by atomic mass is 19.1. The standard InChI is InChI=1S/C17H21FN4O2/c1-21-10-8-19-16(21)15(12-4-6-13(18)7-5-12)20-17(24)22-9-2-3-14(23)11-22/h4-8,10,14-15,23H,2-3,9,11H2,1H3,(H,20,24). The maximum absolute atomic E-state index is 13.2. The minimum atomic E-state index is -0.489. The number of aliphatic hydroxyl groups is 1. The zero-order chi connectivity index (χ0) is 17.1. The molecule has 0 radical (unpaired) electrons. The zero-order valence-electron chi connectivity index (χ0n) is 13.5. The first kappa shape index (κ1) is 16.4. The quantitative estimate of drug-likeness (QED) is 0.901. The number of urea groups is 1. The van der Waals surface area contributed by atoms with Gasteiger partial charge in [0.15, 0.2) is 0 Å². The van der Waals surface area contributed by atoms with E-state index in [1.165, 1.54) is 12.1 Å². The monoisotopic (exact) mass is 332 g/mol. The largest absolute Gasteiger partial charge is 0.391 e. The third kappa shape index (κ3) is 3.56. The van der Waals surface area contributed by atoms with E-state index in [4.69, 9.17) is 0 Å². The molecule has 0 bridgehead atoms. The maximum Gasteiger partial charge on any atom is 0.318 e. The Bertz CT molecular complexity index is 701. The van der Waals surface area contributed by atoms with Crippen LogP contribution in [0.3, 0.4) is 0 Å². The van der Waals surface area contributed by atoms with E-state index in [1.807, 2.05) is 11.6 Å². The van der Waals surface area contributed by atoms with Crippen molar-refractivity contribution < 1.29 is 14.3 Å². The number of hydrogen-bond donors (Lipinski definition) is 2. The van der Waals surface area contributed by atoms with Gasteiger partial charge in [-0.2, -0.15) is 0 Å². The predicted octanol–water partition coefficient (Wildman–Crippen LogP) is 1.81. The smallest absolute Gasteiger partial charge is 0.318 e. The number of halogens is 1. The van der Waals surface area contributed by atoms with Crippen LogP contribution in [0.4, 0.5) is 9.18 Å². The third-order valence-electron chi connectivity index (χ3n) is 4.27. The van der Waals surface area contributed by atoms with Gasteiger partial charge in [0.25, 0.3) is 0 Å². The van der Waals surface area contributed by atoms with E-state index in [1.54, 1.807) is 29.4 Å². The van der Waals surface area contributed by atoms with Crippen LogP contribution >= 0.6 is 0 Å². The van der Waals surface area contributed by atoms with Gasteiger partial charge in [0.2, 0.25) is 0 Å². The number of carbonyl (C=O) groups is 1. The summed E-state index contributed by atoms with van der Waals surface area (Å²) in [5, 5.41) is 12.7.